The third-order valence-electron chi connectivity index (χ3n) is 4.88. The Balaban J connectivity index is 1.42. The largest absolute Gasteiger partial charge is 0.444 e. The average Bonchev–Trinajstić information content (AvgIpc) is 3.09. The van der Waals surface area contributed by atoms with Crippen LogP contribution in [0, 0.1) is 12.8 Å². The number of aryl methyl sites for hydroxylation is 1. The summed E-state index contributed by atoms with van der Waals surface area (Å²) in [4.78, 5) is 19.1. The molecule has 1 aliphatic heterocycles. The molecule has 2 heterocycles. The Kier molecular flexibility index (Phi) is 6.73. The second kappa shape index (κ2) is 9.05. The Bertz CT molecular complexity index is 772. The van der Waals surface area contributed by atoms with Crippen LogP contribution < -0.4 is 5.32 Å². The quantitative estimate of drug-likeness (QED) is 0.778. The van der Waals surface area contributed by atoms with Crippen molar-refractivity contribution in [3.05, 3.63) is 40.9 Å². The van der Waals surface area contributed by atoms with E-state index in [1.54, 1.807) is 11.3 Å². The molecule has 1 aromatic carbocycles. The molecular formula is C22H31N3O2S. The normalized spacial score (nSPS) is 16.1. The summed E-state index contributed by atoms with van der Waals surface area (Å²) >= 11 is 1.71. The Morgan fingerprint density at radius 2 is 1.93 bits per heavy atom. The van der Waals surface area contributed by atoms with Gasteiger partial charge in [-0.3, -0.25) is 4.90 Å². The van der Waals surface area contributed by atoms with Crippen molar-refractivity contribution >= 4 is 17.4 Å². The van der Waals surface area contributed by atoms with E-state index in [0.29, 0.717) is 12.5 Å². The number of aromatic nitrogens is 1. The highest BCUT2D eigenvalue weighted by Crippen LogP contribution is 2.25. The topological polar surface area (TPSA) is 54.5 Å². The van der Waals surface area contributed by atoms with Crippen molar-refractivity contribution in [1.29, 1.82) is 0 Å². The van der Waals surface area contributed by atoms with Crippen molar-refractivity contribution in [3.8, 4) is 10.6 Å². The summed E-state index contributed by atoms with van der Waals surface area (Å²) in [6.07, 6.45) is 1.86. The first-order valence-electron chi connectivity index (χ1n) is 9.99. The first-order chi connectivity index (χ1) is 13.3. The van der Waals surface area contributed by atoms with Crippen molar-refractivity contribution in [3.63, 3.8) is 0 Å². The highest BCUT2D eigenvalue weighted by Gasteiger charge is 2.22. The number of nitrogens with zero attached hydrogens (tertiary/aromatic N) is 2. The molecule has 0 atom stereocenters. The van der Waals surface area contributed by atoms with Crippen molar-refractivity contribution in [2.45, 2.75) is 52.7 Å². The van der Waals surface area contributed by atoms with Gasteiger partial charge in [-0.05, 0) is 59.5 Å². The van der Waals surface area contributed by atoms with Gasteiger partial charge in [0, 0.05) is 24.0 Å². The second-order valence-corrected chi connectivity index (χ2v) is 9.47. The molecule has 1 amide bonds. The van der Waals surface area contributed by atoms with E-state index < -0.39 is 5.60 Å². The van der Waals surface area contributed by atoms with E-state index >= 15 is 0 Å². The number of hydrogen-bond acceptors (Lipinski definition) is 5. The Morgan fingerprint density at radius 3 is 2.57 bits per heavy atom. The van der Waals surface area contributed by atoms with Crippen LogP contribution in [0.25, 0.3) is 10.6 Å². The fourth-order valence-corrected chi connectivity index (χ4v) is 4.14. The number of rotatable bonds is 5. The van der Waals surface area contributed by atoms with E-state index in [2.05, 4.69) is 46.8 Å². The number of alkyl carbamates (subject to hydrolysis) is 1. The molecule has 3 rings (SSSR count). The monoisotopic (exact) mass is 401 g/mol. The Morgan fingerprint density at radius 1 is 1.25 bits per heavy atom. The van der Waals surface area contributed by atoms with Gasteiger partial charge < -0.3 is 10.1 Å². The van der Waals surface area contributed by atoms with E-state index in [4.69, 9.17) is 9.72 Å². The molecule has 152 valence electrons. The van der Waals surface area contributed by atoms with Gasteiger partial charge in [0.05, 0.1) is 5.69 Å². The number of likely N-dealkylation sites (tertiary alicyclic amines) is 1. The van der Waals surface area contributed by atoms with E-state index in [1.807, 2.05) is 20.8 Å². The van der Waals surface area contributed by atoms with Crippen LogP contribution in [-0.4, -0.2) is 41.2 Å². The molecule has 0 aliphatic carbocycles. The van der Waals surface area contributed by atoms with E-state index in [9.17, 15) is 4.79 Å². The Labute approximate surface area is 172 Å². The number of ether oxygens (including phenoxy) is 1. The summed E-state index contributed by atoms with van der Waals surface area (Å²) < 4.78 is 5.31. The maximum absolute atomic E-state index is 11.8. The van der Waals surface area contributed by atoms with Gasteiger partial charge in [0.1, 0.15) is 10.6 Å². The molecule has 0 radical (unpaired) electrons. The lowest BCUT2D eigenvalue weighted by atomic mass is 9.97. The molecule has 28 heavy (non-hydrogen) atoms. The fraction of sp³-hybridized carbons (Fsp3) is 0.545. The number of benzene rings is 1. The summed E-state index contributed by atoms with van der Waals surface area (Å²) in [6.45, 7) is 11.4. The minimum Gasteiger partial charge on any atom is -0.444 e. The number of piperidine rings is 1. The van der Waals surface area contributed by atoms with Crippen molar-refractivity contribution in [2.75, 3.05) is 19.6 Å². The number of amides is 1. The summed E-state index contributed by atoms with van der Waals surface area (Å²) in [6, 6.07) is 8.54. The van der Waals surface area contributed by atoms with Crippen LogP contribution in [0.4, 0.5) is 4.79 Å². The van der Waals surface area contributed by atoms with Crippen LogP contribution >= 0.6 is 11.3 Å². The molecule has 5 nitrogen and oxygen atoms in total. The van der Waals surface area contributed by atoms with Crippen molar-refractivity contribution in [1.82, 2.24) is 15.2 Å². The first-order valence-corrected chi connectivity index (χ1v) is 10.9. The van der Waals surface area contributed by atoms with Gasteiger partial charge in [0.25, 0.3) is 0 Å². The van der Waals surface area contributed by atoms with Crippen LogP contribution in [0.1, 0.15) is 44.9 Å². The van der Waals surface area contributed by atoms with E-state index in [0.717, 1.165) is 43.2 Å². The highest BCUT2D eigenvalue weighted by molar-refractivity contribution is 7.13. The number of nitrogens with one attached hydrogen (secondary N) is 1. The lowest BCUT2D eigenvalue weighted by Gasteiger charge is -2.31. The summed E-state index contributed by atoms with van der Waals surface area (Å²) in [7, 11) is 0. The molecule has 1 saturated heterocycles. The van der Waals surface area contributed by atoms with Crippen LogP contribution in [0.5, 0.6) is 0 Å². The molecule has 1 aliphatic rings. The maximum atomic E-state index is 11.8. The van der Waals surface area contributed by atoms with Gasteiger partial charge in [-0.15, -0.1) is 11.3 Å². The summed E-state index contributed by atoms with van der Waals surface area (Å²) in [5, 5.41) is 6.17. The number of hydrogen-bond donors (Lipinski definition) is 1. The molecule has 0 saturated carbocycles. The van der Waals surface area contributed by atoms with Crippen LogP contribution in [-0.2, 0) is 11.3 Å². The number of thiazole rings is 1. The number of carbonyl (C=O) groups excluding carboxylic acids is 1. The molecule has 0 bridgehead atoms. The van der Waals surface area contributed by atoms with E-state index in [1.165, 1.54) is 11.1 Å². The van der Waals surface area contributed by atoms with Gasteiger partial charge in [0.2, 0.25) is 0 Å². The van der Waals surface area contributed by atoms with E-state index in [-0.39, 0.29) is 6.09 Å². The molecule has 0 unspecified atom stereocenters. The van der Waals surface area contributed by atoms with Crippen LogP contribution in [0.3, 0.4) is 0 Å². The van der Waals surface area contributed by atoms with Crippen LogP contribution in [0.2, 0.25) is 0 Å². The van der Waals surface area contributed by atoms with Crippen molar-refractivity contribution in [2.24, 2.45) is 5.92 Å². The minimum atomic E-state index is -0.446. The predicted molar refractivity (Wildman–Crippen MR) is 115 cm³/mol. The van der Waals surface area contributed by atoms with Gasteiger partial charge in [-0.25, -0.2) is 9.78 Å². The molecule has 6 heteroatoms. The minimum absolute atomic E-state index is 0.318. The van der Waals surface area contributed by atoms with Crippen LogP contribution in [0.15, 0.2) is 29.6 Å². The van der Waals surface area contributed by atoms with Gasteiger partial charge in [0.15, 0.2) is 0 Å². The maximum Gasteiger partial charge on any atom is 0.407 e. The van der Waals surface area contributed by atoms with Gasteiger partial charge >= 0.3 is 6.09 Å². The third-order valence-corrected chi connectivity index (χ3v) is 5.82. The van der Waals surface area contributed by atoms with Crippen molar-refractivity contribution < 1.29 is 9.53 Å². The molecule has 1 aromatic heterocycles. The predicted octanol–water partition coefficient (Wildman–Crippen LogP) is 4.86. The zero-order valence-electron chi connectivity index (χ0n) is 17.3. The molecule has 2 aromatic rings. The lowest BCUT2D eigenvalue weighted by molar-refractivity contribution is 0.0509. The Hall–Kier alpha value is -1.92. The highest BCUT2D eigenvalue weighted by atomic mass is 32.1. The number of carbonyl (C=O) groups is 1. The van der Waals surface area contributed by atoms with Gasteiger partial charge in [-0.2, -0.15) is 0 Å². The molecule has 0 spiro atoms. The summed E-state index contributed by atoms with van der Waals surface area (Å²) in [5.74, 6) is 0.516. The lowest BCUT2D eigenvalue weighted by Crippen LogP contribution is -2.40. The SMILES string of the molecule is Cc1ccc(-c2nc(CN3CCC(CNC(=O)OC(C)(C)C)CC3)cs2)cc1. The standard InChI is InChI=1S/C22H31N3O2S/c1-16-5-7-18(8-6-16)20-24-19(15-28-20)14-25-11-9-17(10-12-25)13-23-21(26)27-22(2,3)4/h5-8,15,17H,9-14H2,1-4H3,(H,23,26). The fourth-order valence-electron chi connectivity index (χ4n) is 3.33. The average molecular weight is 402 g/mol. The zero-order chi connectivity index (χ0) is 20.1. The summed E-state index contributed by atoms with van der Waals surface area (Å²) in [5.41, 5.74) is 3.16. The van der Waals surface area contributed by atoms with Gasteiger partial charge in [-0.1, -0.05) is 29.8 Å². The second-order valence-electron chi connectivity index (χ2n) is 8.61. The third kappa shape index (κ3) is 6.31. The molecule has 1 fully saturated rings. The smallest absolute Gasteiger partial charge is 0.407 e. The first kappa shape index (κ1) is 20.8. The molecule has 1 N–H and O–H groups in total. The zero-order valence-corrected chi connectivity index (χ0v) is 18.1. The molecular weight excluding hydrogens is 370 g/mol.